The van der Waals surface area contributed by atoms with Gasteiger partial charge in [0.2, 0.25) is 0 Å². The minimum absolute atomic E-state index is 0.206. The molecule has 0 bridgehead atoms. The summed E-state index contributed by atoms with van der Waals surface area (Å²) in [4.78, 5) is 0. The molecule has 0 saturated carbocycles. The average molecular weight is 300 g/mol. The second kappa shape index (κ2) is 5.27. The fraction of sp³-hybridized carbons (Fsp3) is 0.538. The molecule has 0 spiro atoms. The maximum Gasteiger partial charge on any atom is 0.164 e. The molecule has 1 aromatic carbocycles. The fourth-order valence-electron chi connectivity index (χ4n) is 2.41. The van der Waals surface area contributed by atoms with Crippen LogP contribution >= 0.6 is 15.9 Å². The van der Waals surface area contributed by atoms with E-state index in [0.29, 0.717) is 11.8 Å². The maximum atomic E-state index is 9.90. The van der Waals surface area contributed by atoms with Crippen molar-refractivity contribution in [1.29, 1.82) is 0 Å². The van der Waals surface area contributed by atoms with Gasteiger partial charge in [0.05, 0.1) is 7.11 Å². The predicted octanol–water partition coefficient (Wildman–Crippen LogP) is 2.77. The minimum atomic E-state index is 0.206. The van der Waals surface area contributed by atoms with Gasteiger partial charge in [-0.25, -0.2) is 0 Å². The lowest BCUT2D eigenvalue weighted by Crippen LogP contribution is -2.24. The third kappa shape index (κ3) is 2.58. The van der Waals surface area contributed by atoms with E-state index < -0.39 is 0 Å². The number of benzene rings is 1. The van der Waals surface area contributed by atoms with Crippen LogP contribution in [0.4, 0.5) is 0 Å². The van der Waals surface area contributed by atoms with Crippen LogP contribution in [0.2, 0.25) is 0 Å². The van der Waals surface area contributed by atoms with E-state index >= 15 is 0 Å². The van der Waals surface area contributed by atoms with Crippen molar-refractivity contribution < 1.29 is 9.84 Å². The summed E-state index contributed by atoms with van der Waals surface area (Å²) in [6.45, 7) is 3.14. The van der Waals surface area contributed by atoms with Crippen molar-refractivity contribution in [3.63, 3.8) is 0 Å². The first kappa shape index (κ1) is 12.7. The Morgan fingerprint density at radius 2 is 2.35 bits per heavy atom. The van der Waals surface area contributed by atoms with Crippen molar-refractivity contribution in [3.05, 3.63) is 21.7 Å². The summed E-state index contributed by atoms with van der Waals surface area (Å²) in [5.41, 5.74) is 2.24. The first-order chi connectivity index (χ1) is 8.13. The van der Waals surface area contributed by atoms with E-state index in [2.05, 4.69) is 28.2 Å². The molecule has 2 rings (SSSR count). The third-order valence-electron chi connectivity index (χ3n) is 3.40. The van der Waals surface area contributed by atoms with Crippen molar-refractivity contribution >= 4 is 15.9 Å². The van der Waals surface area contributed by atoms with Crippen LogP contribution in [0.25, 0.3) is 0 Å². The van der Waals surface area contributed by atoms with Gasteiger partial charge in [-0.15, -0.1) is 0 Å². The fourth-order valence-corrected chi connectivity index (χ4v) is 2.87. The van der Waals surface area contributed by atoms with Gasteiger partial charge in [0.25, 0.3) is 0 Å². The second-order valence-corrected chi connectivity index (χ2v) is 5.37. The van der Waals surface area contributed by atoms with Gasteiger partial charge < -0.3 is 15.2 Å². The molecule has 0 aliphatic carbocycles. The Hall–Kier alpha value is -0.740. The monoisotopic (exact) mass is 299 g/mol. The molecule has 1 saturated heterocycles. The second-order valence-electron chi connectivity index (χ2n) is 4.51. The largest absolute Gasteiger partial charge is 0.504 e. The molecule has 2 N–H and O–H groups in total. The molecular formula is C13H18BrNO2. The highest BCUT2D eigenvalue weighted by Crippen LogP contribution is 2.38. The van der Waals surface area contributed by atoms with E-state index in [4.69, 9.17) is 4.74 Å². The molecule has 1 heterocycles. The Morgan fingerprint density at radius 3 is 2.94 bits per heavy atom. The van der Waals surface area contributed by atoms with Crippen LogP contribution < -0.4 is 10.1 Å². The highest BCUT2D eigenvalue weighted by molar-refractivity contribution is 9.10. The summed E-state index contributed by atoms with van der Waals surface area (Å²) in [6.07, 6.45) is 3.32. The zero-order chi connectivity index (χ0) is 12.4. The summed E-state index contributed by atoms with van der Waals surface area (Å²) in [5, 5.41) is 13.4. The highest BCUT2D eigenvalue weighted by Gasteiger charge is 2.21. The molecule has 94 valence electrons. The molecule has 0 radical (unpaired) electrons. The molecule has 1 unspecified atom stereocenters. The summed E-state index contributed by atoms with van der Waals surface area (Å²) in [5.74, 6) is 0.817. The molecule has 1 aliphatic heterocycles. The quantitative estimate of drug-likeness (QED) is 0.902. The molecule has 17 heavy (non-hydrogen) atoms. The van der Waals surface area contributed by atoms with Gasteiger partial charge in [0.1, 0.15) is 0 Å². The molecule has 3 nitrogen and oxygen atoms in total. The van der Waals surface area contributed by atoms with Gasteiger partial charge in [-0.2, -0.15) is 0 Å². The predicted molar refractivity (Wildman–Crippen MR) is 71.8 cm³/mol. The molecule has 1 fully saturated rings. The van der Waals surface area contributed by atoms with Crippen LogP contribution in [-0.2, 0) is 6.42 Å². The summed E-state index contributed by atoms with van der Waals surface area (Å²) < 4.78 is 6.26. The number of rotatable bonds is 3. The number of hydrogen-bond acceptors (Lipinski definition) is 3. The first-order valence-corrected chi connectivity index (χ1v) is 6.71. The first-order valence-electron chi connectivity index (χ1n) is 5.91. The van der Waals surface area contributed by atoms with E-state index in [1.807, 2.05) is 0 Å². The number of hydrogen-bond donors (Lipinski definition) is 2. The number of phenolic OH excluding ortho intramolecular Hbond substituents is 1. The van der Waals surface area contributed by atoms with E-state index in [1.54, 1.807) is 13.2 Å². The van der Waals surface area contributed by atoms with Gasteiger partial charge in [-0.05, 0) is 44.4 Å². The SMILES string of the molecule is COc1c(O)cc(Br)c(C)c1CC1CCCN1. The number of phenols is 1. The van der Waals surface area contributed by atoms with Gasteiger partial charge in [0.15, 0.2) is 11.5 Å². The van der Waals surface area contributed by atoms with Crippen LogP contribution in [0, 0.1) is 6.92 Å². The van der Waals surface area contributed by atoms with Crippen molar-refractivity contribution in [2.75, 3.05) is 13.7 Å². The number of ether oxygens (including phenoxy) is 1. The van der Waals surface area contributed by atoms with Crippen LogP contribution in [-0.4, -0.2) is 24.8 Å². The third-order valence-corrected chi connectivity index (χ3v) is 4.22. The Kier molecular flexibility index (Phi) is 3.94. The average Bonchev–Trinajstić information content (AvgIpc) is 2.78. The Balaban J connectivity index is 2.35. The van der Waals surface area contributed by atoms with Gasteiger partial charge >= 0.3 is 0 Å². The van der Waals surface area contributed by atoms with E-state index in [1.165, 1.54) is 12.8 Å². The molecule has 0 amide bonds. The van der Waals surface area contributed by atoms with E-state index in [-0.39, 0.29) is 5.75 Å². The molecule has 1 atom stereocenters. The number of methoxy groups -OCH3 is 1. The smallest absolute Gasteiger partial charge is 0.164 e. The van der Waals surface area contributed by atoms with E-state index in [9.17, 15) is 5.11 Å². The van der Waals surface area contributed by atoms with Crippen molar-refractivity contribution in [2.24, 2.45) is 0 Å². The number of halogens is 1. The Bertz CT molecular complexity index is 414. The zero-order valence-electron chi connectivity index (χ0n) is 10.2. The van der Waals surface area contributed by atoms with Crippen LogP contribution in [0.15, 0.2) is 10.5 Å². The van der Waals surface area contributed by atoms with Crippen molar-refractivity contribution in [1.82, 2.24) is 5.32 Å². The Labute approximate surface area is 110 Å². The van der Waals surface area contributed by atoms with Gasteiger partial charge in [-0.3, -0.25) is 0 Å². The molecule has 1 aliphatic rings. The Morgan fingerprint density at radius 1 is 1.59 bits per heavy atom. The van der Waals surface area contributed by atoms with Crippen molar-refractivity contribution in [3.8, 4) is 11.5 Å². The maximum absolute atomic E-state index is 9.90. The molecule has 4 heteroatoms. The number of nitrogens with one attached hydrogen (secondary N) is 1. The molecular weight excluding hydrogens is 282 g/mol. The van der Waals surface area contributed by atoms with Gasteiger partial charge in [0, 0.05) is 16.1 Å². The lowest BCUT2D eigenvalue weighted by Gasteiger charge is -2.18. The number of aromatic hydroxyl groups is 1. The standard InChI is InChI=1S/C13H18BrNO2/c1-8-10(6-9-4-3-5-15-9)13(17-2)12(16)7-11(8)14/h7,9,15-16H,3-6H2,1-2H3. The zero-order valence-corrected chi connectivity index (χ0v) is 11.8. The summed E-state index contributed by atoms with van der Waals surface area (Å²) >= 11 is 3.47. The topological polar surface area (TPSA) is 41.5 Å². The van der Waals surface area contributed by atoms with E-state index in [0.717, 1.165) is 28.6 Å². The van der Waals surface area contributed by atoms with Crippen molar-refractivity contribution in [2.45, 2.75) is 32.2 Å². The lowest BCUT2D eigenvalue weighted by molar-refractivity contribution is 0.366. The summed E-state index contributed by atoms with van der Waals surface area (Å²) in [6, 6.07) is 2.19. The molecule has 0 aromatic heterocycles. The summed E-state index contributed by atoms with van der Waals surface area (Å²) in [7, 11) is 1.61. The molecule has 1 aromatic rings. The lowest BCUT2D eigenvalue weighted by atomic mass is 9.98. The van der Waals surface area contributed by atoms with Crippen LogP contribution in [0.5, 0.6) is 11.5 Å². The van der Waals surface area contributed by atoms with Crippen LogP contribution in [0.3, 0.4) is 0 Å². The highest BCUT2D eigenvalue weighted by atomic mass is 79.9. The van der Waals surface area contributed by atoms with Gasteiger partial charge in [-0.1, -0.05) is 15.9 Å². The normalized spacial score (nSPS) is 19.6. The minimum Gasteiger partial charge on any atom is -0.504 e. The van der Waals surface area contributed by atoms with Crippen LogP contribution in [0.1, 0.15) is 24.0 Å².